The lowest BCUT2D eigenvalue weighted by Crippen LogP contribution is -2.52. The largest absolute Gasteiger partial charge is 0.493 e. The van der Waals surface area contributed by atoms with Crippen LogP contribution < -0.4 is 10.1 Å². The number of carbonyl (C=O) groups is 2. The molecule has 0 aliphatic rings. The number of amides is 1. The summed E-state index contributed by atoms with van der Waals surface area (Å²) >= 11 is 0. The van der Waals surface area contributed by atoms with Crippen molar-refractivity contribution in [1.29, 1.82) is 0 Å². The number of nitrogens with zero attached hydrogens (tertiary/aromatic N) is 2. The van der Waals surface area contributed by atoms with E-state index in [4.69, 9.17) is 4.74 Å². The standard InChI is InChI=1S/C17H21N3O4/c1-4-10-17(2,16(22)23)18-15(21)14-13(24-3)11-20(19-14)12-8-6-5-7-9-12/h5-9,11H,4,10H2,1-3H3,(H,18,21)(H,22,23). The maximum atomic E-state index is 12.5. The van der Waals surface area contributed by atoms with Crippen molar-refractivity contribution in [3.05, 3.63) is 42.2 Å². The molecule has 0 aliphatic carbocycles. The molecule has 0 saturated carbocycles. The molecular formula is C17H21N3O4. The van der Waals surface area contributed by atoms with Gasteiger partial charge in [0.15, 0.2) is 11.4 Å². The monoisotopic (exact) mass is 331 g/mol. The zero-order valence-corrected chi connectivity index (χ0v) is 13.9. The first-order valence-electron chi connectivity index (χ1n) is 7.66. The molecule has 1 aromatic carbocycles. The number of carboxylic acid groups (broad SMARTS) is 1. The van der Waals surface area contributed by atoms with Crippen LogP contribution in [0.25, 0.3) is 5.69 Å². The van der Waals surface area contributed by atoms with E-state index in [2.05, 4.69) is 10.4 Å². The number of benzene rings is 1. The second-order valence-electron chi connectivity index (χ2n) is 5.67. The molecule has 0 saturated heterocycles. The van der Waals surface area contributed by atoms with Crippen LogP contribution in [0.15, 0.2) is 36.5 Å². The van der Waals surface area contributed by atoms with E-state index >= 15 is 0 Å². The van der Waals surface area contributed by atoms with Crippen molar-refractivity contribution in [2.24, 2.45) is 0 Å². The molecule has 7 heteroatoms. The highest BCUT2D eigenvalue weighted by Gasteiger charge is 2.35. The molecule has 24 heavy (non-hydrogen) atoms. The number of methoxy groups -OCH3 is 1. The van der Waals surface area contributed by atoms with Crippen molar-refractivity contribution >= 4 is 11.9 Å². The Kier molecular flexibility index (Phi) is 5.23. The van der Waals surface area contributed by atoms with E-state index in [9.17, 15) is 14.7 Å². The Morgan fingerprint density at radius 3 is 2.54 bits per heavy atom. The van der Waals surface area contributed by atoms with E-state index in [1.54, 1.807) is 6.20 Å². The van der Waals surface area contributed by atoms with Crippen LogP contribution in [0, 0.1) is 0 Å². The number of aromatic nitrogens is 2. The fourth-order valence-corrected chi connectivity index (χ4v) is 2.41. The SMILES string of the molecule is CCCC(C)(NC(=O)c1nn(-c2ccccc2)cc1OC)C(=O)O. The van der Waals surface area contributed by atoms with Gasteiger partial charge in [-0.2, -0.15) is 5.10 Å². The first-order chi connectivity index (χ1) is 11.4. The molecule has 128 valence electrons. The molecule has 0 spiro atoms. The van der Waals surface area contributed by atoms with Gasteiger partial charge in [0.05, 0.1) is 19.0 Å². The number of carboxylic acids is 1. The van der Waals surface area contributed by atoms with Crippen molar-refractivity contribution < 1.29 is 19.4 Å². The Morgan fingerprint density at radius 1 is 1.33 bits per heavy atom. The number of nitrogens with one attached hydrogen (secondary N) is 1. The van der Waals surface area contributed by atoms with Gasteiger partial charge < -0.3 is 15.2 Å². The average Bonchev–Trinajstić information content (AvgIpc) is 3.00. The molecule has 0 radical (unpaired) electrons. The van der Waals surface area contributed by atoms with Crippen LogP contribution in [0.3, 0.4) is 0 Å². The van der Waals surface area contributed by atoms with Gasteiger partial charge in [-0.05, 0) is 25.5 Å². The fraction of sp³-hybridized carbons (Fsp3) is 0.353. The zero-order valence-electron chi connectivity index (χ0n) is 13.9. The van der Waals surface area contributed by atoms with Crippen LogP contribution in [0.5, 0.6) is 5.75 Å². The molecular weight excluding hydrogens is 310 g/mol. The minimum Gasteiger partial charge on any atom is -0.493 e. The third kappa shape index (κ3) is 3.56. The minimum atomic E-state index is -1.35. The molecule has 0 fully saturated rings. The summed E-state index contributed by atoms with van der Waals surface area (Å²) in [5, 5.41) is 16.2. The molecule has 2 N–H and O–H groups in total. The topological polar surface area (TPSA) is 93.5 Å². The maximum Gasteiger partial charge on any atom is 0.329 e. The third-order valence-corrected chi connectivity index (χ3v) is 3.75. The van der Waals surface area contributed by atoms with Crippen LogP contribution in [0.1, 0.15) is 37.2 Å². The summed E-state index contributed by atoms with van der Waals surface area (Å²) in [6.45, 7) is 3.34. The number of hydrogen-bond donors (Lipinski definition) is 2. The van der Waals surface area contributed by atoms with Crippen LogP contribution in [-0.4, -0.2) is 39.4 Å². The summed E-state index contributed by atoms with van der Waals surface area (Å²) in [5.41, 5.74) is -0.540. The van der Waals surface area contributed by atoms with Gasteiger partial charge in [0.2, 0.25) is 0 Å². The van der Waals surface area contributed by atoms with E-state index in [0.29, 0.717) is 12.8 Å². The van der Waals surface area contributed by atoms with Crippen LogP contribution >= 0.6 is 0 Å². The summed E-state index contributed by atoms with van der Waals surface area (Å²) in [7, 11) is 1.44. The number of ether oxygens (including phenoxy) is 1. The molecule has 1 unspecified atom stereocenters. The first kappa shape index (κ1) is 17.5. The molecule has 2 rings (SSSR count). The molecule has 2 aromatic rings. The third-order valence-electron chi connectivity index (χ3n) is 3.75. The first-order valence-corrected chi connectivity index (χ1v) is 7.66. The van der Waals surface area contributed by atoms with Crippen molar-refractivity contribution in [3.8, 4) is 11.4 Å². The van der Waals surface area contributed by atoms with Gasteiger partial charge in [-0.1, -0.05) is 31.5 Å². The summed E-state index contributed by atoms with van der Waals surface area (Å²) < 4.78 is 6.73. The van der Waals surface area contributed by atoms with E-state index in [-0.39, 0.29) is 11.4 Å². The van der Waals surface area contributed by atoms with Gasteiger partial charge in [0.25, 0.3) is 5.91 Å². The van der Waals surface area contributed by atoms with Crippen molar-refractivity contribution in [2.75, 3.05) is 7.11 Å². The highest BCUT2D eigenvalue weighted by Crippen LogP contribution is 2.21. The normalized spacial score (nSPS) is 13.1. The summed E-state index contributed by atoms with van der Waals surface area (Å²) in [6, 6.07) is 9.26. The molecule has 1 atom stereocenters. The van der Waals surface area contributed by atoms with E-state index in [0.717, 1.165) is 5.69 Å². The van der Waals surface area contributed by atoms with Gasteiger partial charge in [-0.15, -0.1) is 0 Å². The minimum absolute atomic E-state index is 0.0462. The van der Waals surface area contributed by atoms with Crippen molar-refractivity contribution in [1.82, 2.24) is 15.1 Å². The Labute approximate surface area is 140 Å². The quantitative estimate of drug-likeness (QED) is 0.811. The van der Waals surface area contributed by atoms with Crippen LogP contribution in [-0.2, 0) is 4.79 Å². The predicted octanol–water partition coefficient (Wildman–Crippen LogP) is 2.25. The summed E-state index contributed by atoms with van der Waals surface area (Å²) in [4.78, 5) is 24.0. The van der Waals surface area contributed by atoms with Crippen LogP contribution in [0.2, 0.25) is 0 Å². The molecule has 1 amide bonds. The van der Waals surface area contributed by atoms with Crippen LogP contribution in [0.4, 0.5) is 0 Å². The lowest BCUT2D eigenvalue weighted by Gasteiger charge is -2.25. The number of para-hydroxylation sites is 1. The summed E-state index contributed by atoms with van der Waals surface area (Å²) in [6.07, 6.45) is 2.52. The Bertz CT molecular complexity index is 727. The molecule has 0 aliphatic heterocycles. The smallest absolute Gasteiger partial charge is 0.329 e. The molecule has 0 bridgehead atoms. The van der Waals surface area contributed by atoms with Gasteiger partial charge in [0, 0.05) is 0 Å². The van der Waals surface area contributed by atoms with E-state index in [1.807, 2.05) is 37.3 Å². The number of carbonyl (C=O) groups excluding carboxylic acids is 1. The van der Waals surface area contributed by atoms with Gasteiger partial charge in [0.1, 0.15) is 5.54 Å². The highest BCUT2D eigenvalue weighted by atomic mass is 16.5. The Hall–Kier alpha value is -2.83. The molecule has 1 aromatic heterocycles. The molecule has 1 heterocycles. The van der Waals surface area contributed by atoms with Crippen molar-refractivity contribution in [3.63, 3.8) is 0 Å². The Balaban J connectivity index is 2.32. The van der Waals surface area contributed by atoms with E-state index in [1.165, 1.54) is 18.7 Å². The lowest BCUT2D eigenvalue weighted by atomic mass is 9.96. The average molecular weight is 331 g/mol. The van der Waals surface area contributed by atoms with Gasteiger partial charge in [-0.25, -0.2) is 9.48 Å². The number of aliphatic carboxylic acids is 1. The predicted molar refractivity (Wildman–Crippen MR) is 88.5 cm³/mol. The van der Waals surface area contributed by atoms with E-state index < -0.39 is 17.4 Å². The van der Waals surface area contributed by atoms with Gasteiger partial charge in [-0.3, -0.25) is 4.79 Å². The number of hydrogen-bond acceptors (Lipinski definition) is 4. The second kappa shape index (κ2) is 7.16. The maximum absolute atomic E-state index is 12.5. The Morgan fingerprint density at radius 2 is 2.00 bits per heavy atom. The zero-order chi connectivity index (χ0) is 17.7. The fourth-order valence-electron chi connectivity index (χ4n) is 2.41. The summed E-state index contributed by atoms with van der Waals surface area (Å²) in [5.74, 6) is -1.39. The van der Waals surface area contributed by atoms with Gasteiger partial charge >= 0.3 is 5.97 Å². The lowest BCUT2D eigenvalue weighted by molar-refractivity contribution is -0.144. The number of rotatable bonds is 7. The second-order valence-corrected chi connectivity index (χ2v) is 5.67. The van der Waals surface area contributed by atoms with Crippen molar-refractivity contribution in [2.45, 2.75) is 32.2 Å². The highest BCUT2D eigenvalue weighted by molar-refractivity contribution is 5.98. The molecule has 7 nitrogen and oxygen atoms in total.